The molecule has 0 aliphatic heterocycles. The molecule has 1 aromatic heterocycles. The molecule has 0 radical (unpaired) electrons. The minimum Gasteiger partial charge on any atom is -0.321 e. The molecule has 7 nitrogen and oxygen atoms in total. The van der Waals surface area contributed by atoms with E-state index >= 15 is 0 Å². The normalized spacial score (nSPS) is 11.9. The largest absolute Gasteiger partial charge is 0.321 e. The molecule has 5 rings (SSSR count). The molecule has 232 valence electrons. The third-order valence-corrected chi connectivity index (χ3v) is 9.21. The first kappa shape index (κ1) is 33.1. The molecule has 0 bridgehead atoms. The number of anilines is 2. The average molecular weight is 736 g/mol. The number of carbonyl (C=O) groups is 3. The summed E-state index contributed by atoms with van der Waals surface area (Å²) in [7, 11) is 0. The summed E-state index contributed by atoms with van der Waals surface area (Å²) in [6.07, 6.45) is 1.20. The Morgan fingerprint density at radius 3 is 2.35 bits per heavy atom. The fourth-order valence-corrected chi connectivity index (χ4v) is 6.17. The van der Waals surface area contributed by atoms with Gasteiger partial charge in [-0.2, -0.15) is 0 Å². The van der Waals surface area contributed by atoms with Gasteiger partial charge in [-0.05, 0) is 73.7 Å². The van der Waals surface area contributed by atoms with Gasteiger partial charge in [-0.15, -0.1) is 23.1 Å². The third-order valence-electron chi connectivity index (χ3n) is 6.49. The van der Waals surface area contributed by atoms with Crippen LogP contribution in [0, 0.1) is 5.82 Å². The Kier molecular flexibility index (Phi) is 11.0. The zero-order chi connectivity index (χ0) is 32.6. The lowest BCUT2D eigenvalue weighted by atomic mass is 10.1. The van der Waals surface area contributed by atoms with Crippen molar-refractivity contribution in [3.05, 3.63) is 135 Å². The molecular formula is C34H25BrClFN4O3S2. The fourth-order valence-electron chi connectivity index (χ4n) is 4.10. The highest BCUT2D eigenvalue weighted by Gasteiger charge is 2.19. The molecule has 5 aromatic rings. The van der Waals surface area contributed by atoms with Gasteiger partial charge in [0.25, 0.3) is 11.8 Å². The number of nitrogens with one attached hydrogen (secondary N) is 3. The lowest BCUT2D eigenvalue weighted by molar-refractivity contribution is -0.115. The Morgan fingerprint density at radius 1 is 0.935 bits per heavy atom. The van der Waals surface area contributed by atoms with Gasteiger partial charge in [0.1, 0.15) is 11.5 Å². The van der Waals surface area contributed by atoms with E-state index < -0.39 is 22.9 Å². The van der Waals surface area contributed by atoms with Crippen molar-refractivity contribution < 1.29 is 18.8 Å². The maximum atomic E-state index is 14.6. The Hall–Kier alpha value is -4.29. The molecule has 0 saturated heterocycles. The summed E-state index contributed by atoms with van der Waals surface area (Å²) >= 11 is 12.3. The van der Waals surface area contributed by atoms with Gasteiger partial charge in [-0.1, -0.05) is 63.9 Å². The number of carbonyl (C=O) groups excluding carboxylic acids is 3. The van der Waals surface area contributed by atoms with Crippen molar-refractivity contribution in [2.24, 2.45) is 0 Å². The van der Waals surface area contributed by atoms with Crippen LogP contribution in [0.3, 0.4) is 0 Å². The van der Waals surface area contributed by atoms with Crippen LogP contribution in [0.5, 0.6) is 0 Å². The van der Waals surface area contributed by atoms with Crippen molar-refractivity contribution in [1.82, 2.24) is 10.3 Å². The van der Waals surface area contributed by atoms with Gasteiger partial charge in [0.2, 0.25) is 5.91 Å². The van der Waals surface area contributed by atoms with E-state index in [1.165, 1.54) is 47.4 Å². The maximum absolute atomic E-state index is 14.6. The Labute approximate surface area is 286 Å². The van der Waals surface area contributed by atoms with Crippen LogP contribution < -0.4 is 16.0 Å². The smallest absolute Gasteiger partial charge is 0.272 e. The van der Waals surface area contributed by atoms with E-state index in [1.807, 2.05) is 29.6 Å². The number of amides is 3. The van der Waals surface area contributed by atoms with Gasteiger partial charge in [0.05, 0.1) is 16.0 Å². The summed E-state index contributed by atoms with van der Waals surface area (Å²) in [6, 6.07) is 27.1. The van der Waals surface area contributed by atoms with Gasteiger partial charge in [-0.25, -0.2) is 9.37 Å². The molecule has 1 heterocycles. The second-order valence-corrected chi connectivity index (χ2v) is 13.4. The van der Waals surface area contributed by atoms with Crippen LogP contribution in [0.2, 0.25) is 5.02 Å². The predicted octanol–water partition coefficient (Wildman–Crippen LogP) is 8.89. The van der Waals surface area contributed by atoms with E-state index in [9.17, 15) is 18.8 Å². The minimum atomic E-state index is -0.678. The molecule has 1 unspecified atom stereocenters. The number of halogens is 3. The molecule has 0 spiro atoms. The molecule has 1 atom stereocenters. The number of rotatable bonds is 10. The van der Waals surface area contributed by atoms with Crippen LogP contribution in [0.25, 0.3) is 17.3 Å². The molecule has 0 fully saturated rings. The van der Waals surface area contributed by atoms with E-state index in [2.05, 4.69) is 36.9 Å². The van der Waals surface area contributed by atoms with E-state index in [0.717, 1.165) is 20.6 Å². The molecule has 3 N–H and O–H groups in total. The van der Waals surface area contributed by atoms with E-state index in [0.29, 0.717) is 16.4 Å². The molecule has 0 aliphatic rings. The summed E-state index contributed by atoms with van der Waals surface area (Å²) in [4.78, 5) is 44.4. The number of aromatic nitrogens is 1. The molecular weight excluding hydrogens is 711 g/mol. The third kappa shape index (κ3) is 8.70. The van der Waals surface area contributed by atoms with Crippen molar-refractivity contribution >= 4 is 85.2 Å². The van der Waals surface area contributed by atoms with Crippen molar-refractivity contribution in [1.29, 1.82) is 0 Å². The van der Waals surface area contributed by atoms with Crippen LogP contribution in [0.1, 0.15) is 22.8 Å². The predicted molar refractivity (Wildman–Crippen MR) is 188 cm³/mol. The highest BCUT2D eigenvalue weighted by molar-refractivity contribution is 9.10. The molecule has 12 heteroatoms. The summed E-state index contributed by atoms with van der Waals surface area (Å²) in [5.74, 6) is -2.07. The summed E-state index contributed by atoms with van der Waals surface area (Å²) in [6.45, 7) is 1.79. The van der Waals surface area contributed by atoms with E-state index in [4.69, 9.17) is 11.6 Å². The summed E-state index contributed by atoms with van der Waals surface area (Å²) in [5.41, 5.74) is 2.24. The van der Waals surface area contributed by atoms with Gasteiger partial charge < -0.3 is 16.0 Å². The van der Waals surface area contributed by atoms with Crippen LogP contribution in [-0.2, 0) is 9.59 Å². The average Bonchev–Trinajstić information content (AvgIpc) is 3.52. The number of thioether (sulfide) groups is 1. The number of thiazole rings is 1. The second-order valence-electron chi connectivity index (χ2n) is 9.79. The number of benzene rings is 4. The Bertz CT molecular complexity index is 1880. The van der Waals surface area contributed by atoms with E-state index in [-0.39, 0.29) is 22.2 Å². The molecule has 46 heavy (non-hydrogen) atoms. The Morgan fingerprint density at radius 2 is 1.65 bits per heavy atom. The number of hydrogen-bond acceptors (Lipinski definition) is 6. The van der Waals surface area contributed by atoms with Crippen LogP contribution in [0.4, 0.5) is 15.2 Å². The lowest BCUT2D eigenvalue weighted by Gasteiger charge is -2.13. The molecule has 3 amide bonds. The van der Waals surface area contributed by atoms with Gasteiger partial charge in [0.15, 0.2) is 5.13 Å². The molecule has 0 aliphatic carbocycles. The Balaban J connectivity index is 1.23. The highest BCUT2D eigenvalue weighted by Crippen LogP contribution is 2.29. The van der Waals surface area contributed by atoms with Gasteiger partial charge >= 0.3 is 0 Å². The topological polar surface area (TPSA) is 100 Å². The van der Waals surface area contributed by atoms with Crippen molar-refractivity contribution in [3.63, 3.8) is 0 Å². The van der Waals surface area contributed by atoms with Crippen LogP contribution in [0.15, 0.2) is 118 Å². The van der Waals surface area contributed by atoms with Crippen LogP contribution >= 0.6 is 50.6 Å². The highest BCUT2D eigenvalue weighted by atomic mass is 79.9. The maximum Gasteiger partial charge on any atom is 0.272 e. The van der Waals surface area contributed by atoms with Gasteiger partial charge in [-0.3, -0.25) is 14.4 Å². The van der Waals surface area contributed by atoms with Crippen molar-refractivity contribution in [2.45, 2.75) is 17.1 Å². The zero-order valence-electron chi connectivity index (χ0n) is 24.1. The fraction of sp³-hybridized carbons (Fsp3) is 0.0588. The van der Waals surface area contributed by atoms with Crippen molar-refractivity contribution in [2.75, 3.05) is 10.6 Å². The first-order valence-electron chi connectivity index (χ1n) is 13.8. The molecule has 4 aromatic carbocycles. The number of nitrogens with zero attached hydrogens (tertiary/aromatic N) is 1. The zero-order valence-corrected chi connectivity index (χ0v) is 28.1. The van der Waals surface area contributed by atoms with E-state index in [1.54, 1.807) is 61.5 Å². The summed E-state index contributed by atoms with van der Waals surface area (Å²) < 4.78 is 15.5. The number of hydrogen-bond donors (Lipinski definition) is 3. The summed E-state index contributed by atoms with van der Waals surface area (Å²) in [5, 5.41) is 10.2. The van der Waals surface area contributed by atoms with Gasteiger partial charge in [0, 0.05) is 37.1 Å². The monoisotopic (exact) mass is 734 g/mol. The van der Waals surface area contributed by atoms with Crippen molar-refractivity contribution in [3.8, 4) is 11.3 Å². The first-order chi connectivity index (χ1) is 22.2. The second kappa shape index (κ2) is 15.3. The lowest BCUT2D eigenvalue weighted by Crippen LogP contribution is -2.30. The van der Waals surface area contributed by atoms with Crippen LogP contribution in [-0.4, -0.2) is 28.0 Å². The molecule has 0 saturated carbocycles. The first-order valence-corrected chi connectivity index (χ1v) is 16.7. The standard InChI is InChI=1S/C34H25BrClFN4O3S2/c1-20(31(42)41-34-40-30(19-45-34)21-10-12-23(35)13-11-21)46-25-16-14-24(15-17-25)38-33(44)29(18-26-27(36)8-5-9-28(26)37)39-32(43)22-6-3-2-4-7-22/h2-20H,1H3,(H,38,44)(H,39,43)(H,40,41,42)/b29-18-. The quantitative estimate of drug-likeness (QED) is 0.0983. The SMILES string of the molecule is CC(Sc1ccc(NC(=O)/C(=C/c2c(F)cccc2Cl)NC(=O)c2ccccc2)cc1)C(=O)Nc1nc(-c2ccc(Br)cc2)cs1. The minimum absolute atomic E-state index is 0.0380.